The Balaban J connectivity index is 1.24. The van der Waals surface area contributed by atoms with Gasteiger partial charge in [-0.3, -0.25) is 9.88 Å². The summed E-state index contributed by atoms with van der Waals surface area (Å²) in [5.74, 6) is 0.679. The van der Waals surface area contributed by atoms with Gasteiger partial charge in [0.2, 0.25) is 5.88 Å². The van der Waals surface area contributed by atoms with Crippen molar-refractivity contribution in [3.8, 4) is 5.88 Å². The van der Waals surface area contributed by atoms with Crippen molar-refractivity contribution in [2.24, 2.45) is 5.41 Å². The molecule has 0 saturated carbocycles. The van der Waals surface area contributed by atoms with Crippen LogP contribution in [0.25, 0.3) is 0 Å². The molecule has 1 atom stereocenters. The van der Waals surface area contributed by atoms with Crippen molar-refractivity contribution in [1.82, 2.24) is 14.9 Å². The van der Waals surface area contributed by atoms with Crippen LogP contribution in [0.15, 0.2) is 48.9 Å². The number of pyridine rings is 2. The van der Waals surface area contributed by atoms with Crippen LogP contribution in [0.3, 0.4) is 0 Å². The SMILES string of the molecule is c1ccc(OC[C@@H]2CC3(CCN(Cc4cccnc4)CC3)CO2)nc1. The predicted molar refractivity (Wildman–Crippen MR) is 95.3 cm³/mol. The van der Waals surface area contributed by atoms with E-state index in [9.17, 15) is 0 Å². The molecule has 132 valence electrons. The zero-order chi connectivity index (χ0) is 17.0. The Labute approximate surface area is 149 Å². The van der Waals surface area contributed by atoms with Gasteiger partial charge in [0.25, 0.3) is 0 Å². The van der Waals surface area contributed by atoms with E-state index in [4.69, 9.17) is 9.47 Å². The summed E-state index contributed by atoms with van der Waals surface area (Å²) in [6.45, 7) is 4.72. The summed E-state index contributed by atoms with van der Waals surface area (Å²) in [5.41, 5.74) is 1.63. The first kappa shape index (κ1) is 16.5. The van der Waals surface area contributed by atoms with Crippen LogP contribution in [0.5, 0.6) is 5.88 Å². The van der Waals surface area contributed by atoms with E-state index in [1.54, 1.807) is 6.20 Å². The molecule has 2 aliphatic rings. The summed E-state index contributed by atoms with van der Waals surface area (Å²) < 4.78 is 11.8. The predicted octanol–water partition coefficient (Wildman–Crippen LogP) is 2.93. The lowest BCUT2D eigenvalue weighted by molar-refractivity contribution is 0.0462. The highest BCUT2D eigenvalue weighted by Gasteiger charge is 2.42. The van der Waals surface area contributed by atoms with E-state index in [0.29, 0.717) is 17.9 Å². The summed E-state index contributed by atoms with van der Waals surface area (Å²) in [7, 11) is 0. The largest absolute Gasteiger partial charge is 0.475 e. The van der Waals surface area contributed by atoms with Crippen LogP contribution in [0.1, 0.15) is 24.8 Å². The van der Waals surface area contributed by atoms with Crippen molar-refractivity contribution >= 4 is 0 Å². The lowest BCUT2D eigenvalue weighted by Gasteiger charge is -2.38. The molecule has 0 radical (unpaired) electrons. The Morgan fingerprint density at radius 1 is 1.16 bits per heavy atom. The van der Waals surface area contributed by atoms with Crippen molar-refractivity contribution in [3.63, 3.8) is 0 Å². The molecule has 2 aromatic heterocycles. The number of nitrogens with zero attached hydrogens (tertiary/aromatic N) is 3. The monoisotopic (exact) mass is 339 g/mol. The zero-order valence-electron chi connectivity index (χ0n) is 14.5. The third-order valence-corrected chi connectivity index (χ3v) is 5.39. The first-order valence-electron chi connectivity index (χ1n) is 9.08. The minimum atomic E-state index is 0.187. The van der Waals surface area contributed by atoms with Crippen LogP contribution in [0.2, 0.25) is 0 Å². The molecule has 2 fully saturated rings. The first-order valence-corrected chi connectivity index (χ1v) is 9.08. The summed E-state index contributed by atoms with van der Waals surface area (Å²) in [5, 5.41) is 0. The van der Waals surface area contributed by atoms with E-state index in [-0.39, 0.29) is 6.10 Å². The zero-order valence-corrected chi connectivity index (χ0v) is 14.5. The summed E-state index contributed by atoms with van der Waals surface area (Å²) in [6, 6.07) is 9.89. The van der Waals surface area contributed by atoms with Crippen LogP contribution in [-0.2, 0) is 11.3 Å². The number of piperidine rings is 1. The molecular weight excluding hydrogens is 314 g/mol. The van der Waals surface area contributed by atoms with Crippen LogP contribution >= 0.6 is 0 Å². The highest BCUT2D eigenvalue weighted by molar-refractivity contribution is 5.10. The minimum absolute atomic E-state index is 0.187. The van der Waals surface area contributed by atoms with Gasteiger partial charge in [0, 0.05) is 31.2 Å². The fourth-order valence-electron chi connectivity index (χ4n) is 3.90. The molecule has 5 nitrogen and oxygen atoms in total. The smallest absolute Gasteiger partial charge is 0.213 e. The van der Waals surface area contributed by atoms with Crippen molar-refractivity contribution < 1.29 is 9.47 Å². The molecule has 0 bridgehead atoms. The van der Waals surface area contributed by atoms with Crippen LogP contribution in [0, 0.1) is 5.41 Å². The highest BCUT2D eigenvalue weighted by Crippen LogP contribution is 2.42. The molecule has 4 rings (SSSR count). The van der Waals surface area contributed by atoms with E-state index >= 15 is 0 Å². The van der Waals surface area contributed by atoms with Crippen molar-refractivity contribution in [2.75, 3.05) is 26.3 Å². The van der Waals surface area contributed by atoms with Gasteiger partial charge in [0.05, 0.1) is 12.7 Å². The highest BCUT2D eigenvalue weighted by atomic mass is 16.5. The number of likely N-dealkylation sites (tertiary alicyclic amines) is 1. The standard InChI is InChI=1S/C20H25N3O2/c1-2-9-22-19(5-1)24-15-18-12-20(16-25-18)6-10-23(11-7-20)14-17-4-3-8-21-13-17/h1-5,8-9,13,18H,6-7,10-12,14-16H2/t18-/m0/s1. The molecule has 4 heterocycles. The molecule has 2 aromatic rings. The molecule has 0 unspecified atom stereocenters. The first-order chi connectivity index (χ1) is 12.3. The molecule has 2 aliphatic heterocycles. The topological polar surface area (TPSA) is 47.5 Å². The second-order valence-electron chi connectivity index (χ2n) is 7.25. The maximum atomic E-state index is 6.04. The van der Waals surface area contributed by atoms with E-state index in [1.807, 2.05) is 36.7 Å². The van der Waals surface area contributed by atoms with E-state index < -0.39 is 0 Å². The van der Waals surface area contributed by atoms with Gasteiger partial charge in [-0.2, -0.15) is 0 Å². The molecule has 1 spiro atoms. The number of ether oxygens (including phenoxy) is 2. The van der Waals surface area contributed by atoms with Crippen molar-refractivity contribution in [2.45, 2.75) is 31.9 Å². The van der Waals surface area contributed by atoms with Gasteiger partial charge in [0.15, 0.2) is 0 Å². The van der Waals surface area contributed by atoms with Gasteiger partial charge in [-0.05, 0) is 55.5 Å². The normalized spacial score (nSPS) is 23.0. The Bertz CT molecular complexity index is 657. The second-order valence-corrected chi connectivity index (χ2v) is 7.25. The second kappa shape index (κ2) is 7.50. The number of hydrogen-bond donors (Lipinski definition) is 0. The number of aromatic nitrogens is 2. The Morgan fingerprint density at radius 3 is 2.84 bits per heavy atom. The molecule has 0 aromatic carbocycles. The summed E-state index contributed by atoms with van der Waals surface area (Å²) in [4.78, 5) is 10.9. The van der Waals surface area contributed by atoms with Crippen LogP contribution in [0.4, 0.5) is 0 Å². The Hall–Kier alpha value is -1.98. The number of rotatable bonds is 5. The van der Waals surface area contributed by atoms with Gasteiger partial charge in [-0.1, -0.05) is 12.1 Å². The van der Waals surface area contributed by atoms with E-state index in [1.165, 1.54) is 18.4 Å². The molecule has 25 heavy (non-hydrogen) atoms. The van der Waals surface area contributed by atoms with Gasteiger partial charge in [-0.25, -0.2) is 4.98 Å². The third kappa shape index (κ3) is 4.17. The van der Waals surface area contributed by atoms with Crippen molar-refractivity contribution in [3.05, 3.63) is 54.5 Å². The minimum Gasteiger partial charge on any atom is -0.475 e. The molecule has 5 heteroatoms. The Kier molecular flexibility index (Phi) is 4.95. The quantitative estimate of drug-likeness (QED) is 0.838. The fraction of sp³-hybridized carbons (Fsp3) is 0.500. The van der Waals surface area contributed by atoms with Crippen LogP contribution in [-0.4, -0.2) is 47.3 Å². The molecule has 0 N–H and O–H groups in total. The molecule has 0 aliphatic carbocycles. The summed E-state index contributed by atoms with van der Waals surface area (Å²) in [6.07, 6.45) is 9.24. The number of hydrogen-bond acceptors (Lipinski definition) is 5. The fourth-order valence-corrected chi connectivity index (χ4v) is 3.90. The third-order valence-electron chi connectivity index (χ3n) is 5.39. The molecular formula is C20H25N3O2. The lowest BCUT2D eigenvalue weighted by Crippen LogP contribution is -2.40. The average Bonchev–Trinajstić information content (AvgIpc) is 3.07. The van der Waals surface area contributed by atoms with Crippen molar-refractivity contribution in [1.29, 1.82) is 0 Å². The van der Waals surface area contributed by atoms with E-state index in [0.717, 1.165) is 32.7 Å². The van der Waals surface area contributed by atoms with Gasteiger partial charge in [-0.15, -0.1) is 0 Å². The van der Waals surface area contributed by atoms with E-state index in [2.05, 4.69) is 20.9 Å². The van der Waals surface area contributed by atoms with Gasteiger partial charge < -0.3 is 9.47 Å². The maximum absolute atomic E-state index is 6.04. The summed E-state index contributed by atoms with van der Waals surface area (Å²) >= 11 is 0. The maximum Gasteiger partial charge on any atom is 0.213 e. The van der Waals surface area contributed by atoms with Crippen LogP contribution < -0.4 is 4.74 Å². The average molecular weight is 339 g/mol. The molecule has 2 saturated heterocycles. The van der Waals surface area contributed by atoms with Gasteiger partial charge >= 0.3 is 0 Å². The lowest BCUT2D eigenvalue weighted by atomic mass is 9.76. The Morgan fingerprint density at radius 2 is 2.08 bits per heavy atom. The molecule has 0 amide bonds. The van der Waals surface area contributed by atoms with Gasteiger partial charge in [0.1, 0.15) is 6.61 Å².